The van der Waals surface area contributed by atoms with Gasteiger partial charge in [0.25, 0.3) is 6.43 Å². The first-order chi connectivity index (χ1) is 5.54. The van der Waals surface area contributed by atoms with Gasteiger partial charge in [0.2, 0.25) is 0 Å². The molecule has 0 saturated carbocycles. The Labute approximate surface area is 89.8 Å². The molecule has 0 radical (unpaired) electrons. The molecule has 1 rings (SSSR count). The van der Waals surface area contributed by atoms with Crippen molar-refractivity contribution in [2.24, 2.45) is 0 Å². The van der Waals surface area contributed by atoms with E-state index in [0.717, 1.165) is 6.20 Å². The fourth-order valence-electron chi connectivity index (χ4n) is 0.664. The van der Waals surface area contributed by atoms with Gasteiger partial charge in [0.1, 0.15) is 4.60 Å². The largest absolute Gasteiger partial charge is 0.397 e. The maximum atomic E-state index is 12.2. The Morgan fingerprint density at radius 3 is 2.67 bits per heavy atom. The van der Waals surface area contributed by atoms with Crippen LogP contribution in [-0.2, 0) is 0 Å². The molecule has 0 saturated heterocycles. The number of hydrogen-bond donors (Lipinski definition) is 1. The minimum Gasteiger partial charge on any atom is -0.397 e. The SMILES string of the molecule is Nc1c(C(F)F)cnc(Br)c1I. The third kappa shape index (κ3) is 1.85. The van der Waals surface area contributed by atoms with Crippen LogP contribution in [0.4, 0.5) is 14.5 Å². The Morgan fingerprint density at radius 2 is 2.17 bits per heavy atom. The zero-order valence-electron chi connectivity index (χ0n) is 5.69. The van der Waals surface area contributed by atoms with Crippen LogP contribution in [-0.4, -0.2) is 4.98 Å². The van der Waals surface area contributed by atoms with Crippen LogP contribution in [0.15, 0.2) is 10.8 Å². The van der Waals surface area contributed by atoms with Gasteiger partial charge < -0.3 is 5.73 Å². The molecule has 0 amide bonds. The number of nitrogens with zero attached hydrogens (tertiary/aromatic N) is 1. The van der Waals surface area contributed by atoms with Crippen LogP contribution in [0.1, 0.15) is 12.0 Å². The third-order valence-electron chi connectivity index (χ3n) is 1.28. The average Bonchev–Trinajstić information content (AvgIpc) is 2.00. The molecule has 0 bridgehead atoms. The number of halogens is 4. The maximum absolute atomic E-state index is 12.2. The molecule has 0 aromatic carbocycles. The van der Waals surface area contributed by atoms with E-state index in [0.29, 0.717) is 8.17 Å². The van der Waals surface area contributed by atoms with Crippen LogP contribution in [0.25, 0.3) is 0 Å². The highest BCUT2D eigenvalue weighted by molar-refractivity contribution is 14.1. The first-order valence-corrected chi connectivity index (χ1v) is 4.78. The highest BCUT2D eigenvalue weighted by atomic mass is 127. The standard InChI is InChI=1S/C6H4BrF2IN2/c7-5-3(10)4(11)2(1-12-5)6(8)9/h1,6H,(H2,11,12). The highest BCUT2D eigenvalue weighted by Crippen LogP contribution is 2.31. The molecule has 2 N–H and O–H groups in total. The van der Waals surface area contributed by atoms with Gasteiger partial charge in [0.05, 0.1) is 14.8 Å². The van der Waals surface area contributed by atoms with Crippen molar-refractivity contribution in [1.82, 2.24) is 4.98 Å². The Hall–Kier alpha value is 0.0200. The fourth-order valence-corrected chi connectivity index (χ4v) is 1.43. The molecule has 2 nitrogen and oxygen atoms in total. The molecule has 1 aromatic rings. The van der Waals surface area contributed by atoms with Crippen LogP contribution < -0.4 is 5.73 Å². The predicted octanol–water partition coefficient (Wildman–Crippen LogP) is 2.97. The second-order valence-corrected chi connectivity index (χ2v) is 3.86. The van der Waals surface area contributed by atoms with Gasteiger partial charge in [-0.3, -0.25) is 0 Å². The van der Waals surface area contributed by atoms with Crippen LogP contribution in [0.3, 0.4) is 0 Å². The lowest BCUT2D eigenvalue weighted by Gasteiger charge is -2.06. The fraction of sp³-hybridized carbons (Fsp3) is 0.167. The molecule has 0 unspecified atom stereocenters. The molecule has 66 valence electrons. The number of aromatic nitrogens is 1. The minimum atomic E-state index is -2.57. The lowest BCUT2D eigenvalue weighted by Crippen LogP contribution is -2.00. The van der Waals surface area contributed by atoms with Crippen molar-refractivity contribution >= 4 is 44.2 Å². The van der Waals surface area contributed by atoms with E-state index < -0.39 is 6.43 Å². The Morgan fingerprint density at radius 1 is 1.58 bits per heavy atom. The number of hydrogen-bond acceptors (Lipinski definition) is 2. The molecule has 0 aliphatic carbocycles. The van der Waals surface area contributed by atoms with Crippen molar-refractivity contribution < 1.29 is 8.78 Å². The lowest BCUT2D eigenvalue weighted by molar-refractivity contribution is 0.151. The molecule has 0 spiro atoms. The topological polar surface area (TPSA) is 38.9 Å². The molecule has 0 aliphatic rings. The number of alkyl halides is 2. The van der Waals surface area contributed by atoms with Crippen molar-refractivity contribution in [3.63, 3.8) is 0 Å². The van der Waals surface area contributed by atoms with Gasteiger partial charge in [-0.15, -0.1) is 0 Å². The second-order valence-electron chi connectivity index (χ2n) is 2.03. The van der Waals surface area contributed by atoms with Gasteiger partial charge in [-0.1, -0.05) is 0 Å². The average molecular weight is 349 g/mol. The molecule has 12 heavy (non-hydrogen) atoms. The summed E-state index contributed by atoms with van der Waals surface area (Å²) in [6.07, 6.45) is -1.49. The molecule has 1 aromatic heterocycles. The highest BCUT2D eigenvalue weighted by Gasteiger charge is 2.15. The molecular formula is C6H4BrF2IN2. The van der Waals surface area contributed by atoms with Crippen LogP contribution >= 0.6 is 38.5 Å². The van der Waals surface area contributed by atoms with Gasteiger partial charge in [0.15, 0.2) is 0 Å². The second kappa shape index (κ2) is 3.82. The summed E-state index contributed by atoms with van der Waals surface area (Å²) in [7, 11) is 0. The number of nitrogen functional groups attached to an aromatic ring is 1. The number of pyridine rings is 1. The van der Waals surface area contributed by atoms with E-state index in [1.54, 1.807) is 0 Å². The van der Waals surface area contributed by atoms with Crippen molar-refractivity contribution in [1.29, 1.82) is 0 Å². The quantitative estimate of drug-likeness (QED) is 0.626. The van der Waals surface area contributed by atoms with E-state index in [2.05, 4.69) is 20.9 Å². The normalized spacial score (nSPS) is 10.8. The van der Waals surface area contributed by atoms with Crippen LogP contribution in [0.2, 0.25) is 0 Å². The van der Waals surface area contributed by atoms with E-state index in [-0.39, 0.29) is 11.3 Å². The summed E-state index contributed by atoms with van der Waals surface area (Å²) in [6.45, 7) is 0. The summed E-state index contributed by atoms with van der Waals surface area (Å²) in [5.74, 6) is 0. The van der Waals surface area contributed by atoms with E-state index in [4.69, 9.17) is 5.73 Å². The molecule has 0 fully saturated rings. The monoisotopic (exact) mass is 348 g/mol. The predicted molar refractivity (Wildman–Crippen MR) is 54.0 cm³/mol. The van der Waals surface area contributed by atoms with Crippen LogP contribution in [0, 0.1) is 3.57 Å². The first kappa shape index (κ1) is 10.1. The summed E-state index contributed by atoms with van der Waals surface area (Å²) in [5.41, 5.74) is 5.30. The van der Waals surface area contributed by atoms with Crippen molar-refractivity contribution in [3.8, 4) is 0 Å². The van der Waals surface area contributed by atoms with Crippen molar-refractivity contribution in [2.75, 3.05) is 5.73 Å². The Balaban J connectivity index is 3.27. The molecular weight excluding hydrogens is 345 g/mol. The summed E-state index contributed by atoms with van der Waals surface area (Å²) in [4.78, 5) is 3.71. The zero-order valence-corrected chi connectivity index (χ0v) is 9.43. The van der Waals surface area contributed by atoms with Gasteiger partial charge in [-0.05, 0) is 38.5 Å². The first-order valence-electron chi connectivity index (χ1n) is 2.91. The smallest absolute Gasteiger partial charge is 0.267 e. The summed E-state index contributed by atoms with van der Waals surface area (Å²) >= 11 is 4.95. The molecule has 6 heteroatoms. The van der Waals surface area contributed by atoms with Gasteiger partial charge in [-0.2, -0.15) is 0 Å². The van der Waals surface area contributed by atoms with Gasteiger partial charge in [0, 0.05) is 6.20 Å². The zero-order chi connectivity index (χ0) is 9.30. The minimum absolute atomic E-state index is 0.0903. The van der Waals surface area contributed by atoms with Crippen molar-refractivity contribution in [2.45, 2.75) is 6.43 Å². The number of anilines is 1. The van der Waals surface area contributed by atoms with Gasteiger partial charge in [-0.25, -0.2) is 13.8 Å². The van der Waals surface area contributed by atoms with E-state index in [1.165, 1.54) is 0 Å². The van der Waals surface area contributed by atoms with E-state index >= 15 is 0 Å². The lowest BCUT2D eigenvalue weighted by atomic mass is 10.2. The van der Waals surface area contributed by atoms with E-state index in [1.807, 2.05) is 22.6 Å². The number of rotatable bonds is 1. The molecule has 0 aliphatic heterocycles. The molecule has 0 atom stereocenters. The summed E-state index contributed by atoms with van der Waals surface area (Å²) in [6, 6.07) is 0. The van der Waals surface area contributed by atoms with Gasteiger partial charge >= 0.3 is 0 Å². The molecule has 1 heterocycles. The maximum Gasteiger partial charge on any atom is 0.267 e. The Bertz CT molecular complexity index is 306. The van der Waals surface area contributed by atoms with E-state index in [9.17, 15) is 8.78 Å². The summed E-state index contributed by atoms with van der Waals surface area (Å²) in [5, 5.41) is 0. The Kier molecular flexibility index (Phi) is 3.22. The third-order valence-corrected chi connectivity index (χ3v) is 3.72. The number of nitrogens with two attached hydrogens (primary N) is 1. The van der Waals surface area contributed by atoms with Crippen molar-refractivity contribution in [3.05, 3.63) is 19.9 Å². The van der Waals surface area contributed by atoms with Crippen LogP contribution in [0.5, 0.6) is 0 Å². The summed E-state index contributed by atoms with van der Waals surface area (Å²) < 4.78 is 25.4.